The molecule has 80 valence electrons. The summed E-state index contributed by atoms with van der Waals surface area (Å²) in [5.74, 6) is -2.00. The molecule has 15 heavy (non-hydrogen) atoms. The quantitative estimate of drug-likeness (QED) is 0.782. The summed E-state index contributed by atoms with van der Waals surface area (Å²) in [5, 5.41) is 17.4. The number of benzene rings is 1. The van der Waals surface area contributed by atoms with Crippen molar-refractivity contribution in [2.75, 3.05) is 11.9 Å². The number of nitrogens with zero attached hydrogens (tertiary/aromatic N) is 1. The first-order valence-corrected chi connectivity index (χ1v) is 3.93. The smallest absolute Gasteiger partial charge is 0.411 e. The van der Waals surface area contributed by atoms with Gasteiger partial charge in [0, 0.05) is 7.05 Å². The molecule has 1 rings (SSSR count). The lowest BCUT2D eigenvalue weighted by Gasteiger charge is -2.15. The van der Waals surface area contributed by atoms with Gasteiger partial charge < -0.3 is 10.2 Å². The average molecular weight is 213 g/mol. The van der Waals surface area contributed by atoms with Crippen molar-refractivity contribution in [3.63, 3.8) is 0 Å². The Balaban J connectivity index is 3.30. The second kappa shape index (κ2) is 3.95. The fourth-order valence-corrected chi connectivity index (χ4v) is 1.07. The summed E-state index contributed by atoms with van der Waals surface area (Å²) in [4.78, 5) is 22.0. The molecule has 0 bridgehead atoms. The number of halogens is 1. The fraction of sp³-hybridized carbons (Fsp3) is 0.111. The summed E-state index contributed by atoms with van der Waals surface area (Å²) in [6.07, 6.45) is -1.36. The number of aromatic carboxylic acids is 1. The monoisotopic (exact) mass is 213 g/mol. The van der Waals surface area contributed by atoms with Crippen LogP contribution in [0.15, 0.2) is 18.2 Å². The zero-order valence-corrected chi connectivity index (χ0v) is 7.77. The molecule has 0 saturated carbocycles. The number of anilines is 1. The molecule has 0 spiro atoms. The molecule has 0 aliphatic rings. The van der Waals surface area contributed by atoms with Crippen LogP contribution in [0.25, 0.3) is 0 Å². The number of amides is 1. The van der Waals surface area contributed by atoms with Gasteiger partial charge in [-0.25, -0.2) is 14.0 Å². The molecule has 0 heterocycles. The zero-order chi connectivity index (χ0) is 11.6. The molecule has 0 aliphatic heterocycles. The molecule has 1 amide bonds. The van der Waals surface area contributed by atoms with E-state index in [0.29, 0.717) is 4.90 Å². The second-order valence-corrected chi connectivity index (χ2v) is 2.81. The summed E-state index contributed by atoms with van der Waals surface area (Å²) in [6.45, 7) is 0. The molecule has 0 radical (unpaired) electrons. The van der Waals surface area contributed by atoms with Gasteiger partial charge in [-0.05, 0) is 18.2 Å². The molecule has 0 aromatic heterocycles. The van der Waals surface area contributed by atoms with Crippen LogP contribution in [0.5, 0.6) is 0 Å². The Morgan fingerprint density at radius 1 is 1.33 bits per heavy atom. The number of carboxylic acid groups (broad SMARTS) is 2. The molecular formula is C9H8FNO4. The minimum Gasteiger partial charge on any atom is -0.478 e. The topological polar surface area (TPSA) is 77.8 Å². The molecule has 5 nitrogen and oxygen atoms in total. The minimum atomic E-state index is -1.36. The third-order valence-electron chi connectivity index (χ3n) is 1.84. The van der Waals surface area contributed by atoms with Gasteiger partial charge in [0.1, 0.15) is 5.82 Å². The molecule has 2 N–H and O–H groups in total. The van der Waals surface area contributed by atoms with E-state index >= 15 is 0 Å². The van der Waals surface area contributed by atoms with E-state index in [4.69, 9.17) is 10.2 Å². The van der Waals surface area contributed by atoms with Gasteiger partial charge in [0.2, 0.25) is 0 Å². The van der Waals surface area contributed by atoms with Crippen molar-refractivity contribution in [1.82, 2.24) is 0 Å². The van der Waals surface area contributed by atoms with Crippen molar-refractivity contribution in [3.05, 3.63) is 29.6 Å². The Hall–Kier alpha value is -2.11. The second-order valence-electron chi connectivity index (χ2n) is 2.81. The Morgan fingerprint density at radius 2 is 1.93 bits per heavy atom. The van der Waals surface area contributed by atoms with E-state index in [1.54, 1.807) is 0 Å². The molecule has 6 heteroatoms. The number of carboxylic acids is 1. The number of rotatable bonds is 2. The summed E-state index contributed by atoms with van der Waals surface area (Å²) in [6, 6.07) is 2.84. The predicted octanol–water partition coefficient (Wildman–Crippen LogP) is 1.64. The van der Waals surface area contributed by atoms with Gasteiger partial charge in [-0.15, -0.1) is 0 Å². The van der Waals surface area contributed by atoms with E-state index in [0.717, 1.165) is 25.2 Å². The van der Waals surface area contributed by atoms with Crippen molar-refractivity contribution < 1.29 is 24.2 Å². The molecule has 0 aliphatic carbocycles. The minimum absolute atomic E-state index is 0.199. The first-order chi connectivity index (χ1) is 6.93. The highest BCUT2D eigenvalue weighted by Crippen LogP contribution is 2.20. The van der Waals surface area contributed by atoms with Crippen LogP contribution in [0.4, 0.5) is 14.9 Å². The van der Waals surface area contributed by atoms with E-state index in [2.05, 4.69) is 0 Å². The van der Waals surface area contributed by atoms with Crippen molar-refractivity contribution in [2.45, 2.75) is 0 Å². The highest BCUT2D eigenvalue weighted by Gasteiger charge is 2.18. The average Bonchev–Trinajstić information content (AvgIpc) is 2.15. The maximum absolute atomic E-state index is 12.8. The van der Waals surface area contributed by atoms with E-state index in [1.807, 2.05) is 0 Å². The Kier molecular flexibility index (Phi) is 2.89. The van der Waals surface area contributed by atoms with E-state index in [9.17, 15) is 14.0 Å². The largest absolute Gasteiger partial charge is 0.478 e. The van der Waals surface area contributed by atoms with Crippen LogP contribution in [-0.4, -0.2) is 29.3 Å². The highest BCUT2D eigenvalue weighted by molar-refractivity contribution is 5.99. The molecule has 1 aromatic rings. The normalized spacial score (nSPS) is 9.73. The molecule has 0 atom stereocenters. The van der Waals surface area contributed by atoms with E-state index in [-0.39, 0.29) is 11.3 Å². The van der Waals surface area contributed by atoms with Crippen LogP contribution in [0.3, 0.4) is 0 Å². The van der Waals surface area contributed by atoms with Gasteiger partial charge in [-0.1, -0.05) is 0 Å². The lowest BCUT2D eigenvalue weighted by molar-refractivity contribution is 0.0697. The van der Waals surface area contributed by atoms with Crippen LogP contribution in [0, 0.1) is 5.82 Å². The lowest BCUT2D eigenvalue weighted by atomic mass is 10.1. The van der Waals surface area contributed by atoms with Crippen LogP contribution in [0.2, 0.25) is 0 Å². The third-order valence-corrected chi connectivity index (χ3v) is 1.84. The molecule has 1 aromatic carbocycles. The Bertz CT molecular complexity index is 419. The maximum Gasteiger partial charge on any atom is 0.411 e. The Morgan fingerprint density at radius 3 is 2.40 bits per heavy atom. The first-order valence-electron chi connectivity index (χ1n) is 3.93. The summed E-state index contributed by atoms with van der Waals surface area (Å²) >= 11 is 0. The Labute approximate surface area is 84.4 Å². The van der Waals surface area contributed by atoms with Gasteiger partial charge in [-0.2, -0.15) is 0 Å². The van der Waals surface area contributed by atoms with Crippen molar-refractivity contribution in [2.24, 2.45) is 0 Å². The highest BCUT2D eigenvalue weighted by atomic mass is 19.1. The number of hydrogen-bond donors (Lipinski definition) is 2. The number of hydrogen-bond acceptors (Lipinski definition) is 2. The fourth-order valence-electron chi connectivity index (χ4n) is 1.07. The van der Waals surface area contributed by atoms with Crippen molar-refractivity contribution in [3.8, 4) is 0 Å². The number of carbonyl (C=O) groups is 2. The molecule has 0 saturated heterocycles. The summed E-state index contributed by atoms with van der Waals surface area (Å²) in [5.41, 5.74) is -0.462. The van der Waals surface area contributed by atoms with Gasteiger partial charge in [0.05, 0.1) is 11.3 Å². The molecular weight excluding hydrogens is 205 g/mol. The SMILES string of the molecule is CN(C(=O)O)c1cc(F)ccc1C(=O)O. The van der Waals surface area contributed by atoms with Gasteiger partial charge in [0.25, 0.3) is 0 Å². The third kappa shape index (κ3) is 2.22. The predicted molar refractivity (Wildman–Crippen MR) is 49.8 cm³/mol. The lowest BCUT2D eigenvalue weighted by Crippen LogP contribution is -2.25. The van der Waals surface area contributed by atoms with Gasteiger partial charge >= 0.3 is 12.1 Å². The standard InChI is InChI=1S/C9H8FNO4/c1-11(9(14)15)7-4-5(10)2-3-6(7)8(12)13/h2-4H,1H3,(H,12,13)(H,14,15). The van der Waals surface area contributed by atoms with Gasteiger partial charge in [-0.3, -0.25) is 4.90 Å². The summed E-state index contributed by atoms with van der Waals surface area (Å²) in [7, 11) is 1.14. The zero-order valence-electron chi connectivity index (χ0n) is 7.77. The van der Waals surface area contributed by atoms with Crippen LogP contribution >= 0.6 is 0 Å². The van der Waals surface area contributed by atoms with Crippen molar-refractivity contribution in [1.29, 1.82) is 0 Å². The maximum atomic E-state index is 12.8. The first kappa shape index (κ1) is 11.0. The summed E-state index contributed by atoms with van der Waals surface area (Å²) < 4.78 is 12.8. The van der Waals surface area contributed by atoms with Crippen LogP contribution in [0.1, 0.15) is 10.4 Å². The van der Waals surface area contributed by atoms with Gasteiger partial charge in [0.15, 0.2) is 0 Å². The van der Waals surface area contributed by atoms with Crippen molar-refractivity contribution >= 4 is 17.7 Å². The van der Waals surface area contributed by atoms with Crippen LogP contribution < -0.4 is 4.90 Å². The van der Waals surface area contributed by atoms with E-state index < -0.39 is 17.9 Å². The van der Waals surface area contributed by atoms with Crippen LogP contribution in [-0.2, 0) is 0 Å². The molecule has 0 fully saturated rings. The molecule has 0 unspecified atom stereocenters. The van der Waals surface area contributed by atoms with E-state index in [1.165, 1.54) is 0 Å².